The SMILES string of the molecule is CCOc1ccc(S(=O)(=O)N[C@@H](C)C(=O)Nc2ccc(C(F)(F)F)cc2)cc1C. The van der Waals surface area contributed by atoms with Gasteiger partial charge in [-0.05, 0) is 68.8 Å². The second kappa shape index (κ2) is 8.83. The number of rotatable bonds is 7. The second-order valence-electron chi connectivity index (χ2n) is 6.27. The first-order valence-electron chi connectivity index (χ1n) is 8.68. The van der Waals surface area contributed by atoms with Crippen LogP contribution in [0.4, 0.5) is 18.9 Å². The minimum absolute atomic E-state index is 0.0346. The van der Waals surface area contributed by atoms with Crippen LogP contribution < -0.4 is 14.8 Å². The van der Waals surface area contributed by atoms with Crippen molar-refractivity contribution in [1.82, 2.24) is 4.72 Å². The van der Waals surface area contributed by atoms with Crippen molar-refractivity contribution in [3.05, 3.63) is 53.6 Å². The Hall–Kier alpha value is -2.59. The molecule has 2 N–H and O–H groups in total. The first kappa shape index (κ1) is 22.7. The van der Waals surface area contributed by atoms with Crippen molar-refractivity contribution < 1.29 is 31.1 Å². The molecule has 0 saturated carbocycles. The third-order valence-corrected chi connectivity index (χ3v) is 5.50. The van der Waals surface area contributed by atoms with E-state index in [1.807, 2.05) is 6.92 Å². The number of ether oxygens (including phenoxy) is 1. The summed E-state index contributed by atoms with van der Waals surface area (Å²) < 4.78 is 70.4. The Kier molecular flexibility index (Phi) is 6.91. The number of anilines is 1. The topological polar surface area (TPSA) is 84.5 Å². The van der Waals surface area contributed by atoms with E-state index in [0.717, 1.165) is 24.3 Å². The average molecular weight is 430 g/mol. The molecule has 6 nitrogen and oxygen atoms in total. The zero-order valence-electron chi connectivity index (χ0n) is 16.0. The summed E-state index contributed by atoms with van der Waals surface area (Å²) in [5, 5.41) is 2.38. The Morgan fingerprint density at radius 3 is 2.28 bits per heavy atom. The lowest BCUT2D eigenvalue weighted by atomic mass is 10.2. The van der Waals surface area contributed by atoms with Crippen molar-refractivity contribution in [1.29, 1.82) is 0 Å². The number of benzene rings is 2. The predicted octanol–water partition coefficient (Wildman–Crippen LogP) is 3.72. The largest absolute Gasteiger partial charge is 0.494 e. The highest BCUT2D eigenvalue weighted by molar-refractivity contribution is 7.89. The summed E-state index contributed by atoms with van der Waals surface area (Å²) >= 11 is 0. The van der Waals surface area contributed by atoms with Gasteiger partial charge in [-0.25, -0.2) is 8.42 Å². The number of halogens is 3. The predicted molar refractivity (Wildman–Crippen MR) is 102 cm³/mol. The van der Waals surface area contributed by atoms with Gasteiger partial charge in [-0.1, -0.05) is 0 Å². The molecule has 0 aliphatic rings. The lowest BCUT2D eigenvalue weighted by Crippen LogP contribution is -2.41. The van der Waals surface area contributed by atoms with Gasteiger partial charge in [0.25, 0.3) is 0 Å². The van der Waals surface area contributed by atoms with Crippen LogP contribution in [0, 0.1) is 6.92 Å². The summed E-state index contributed by atoms with van der Waals surface area (Å²) in [6.45, 7) is 5.28. The van der Waals surface area contributed by atoms with E-state index in [1.54, 1.807) is 6.92 Å². The molecule has 0 saturated heterocycles. The summed E-state index contributed by atoms with van der Waals surface area (Å²) in [4.78, 5) is 12.2. The minimum atomic E-state index is -4.48. The molecule has 1 atom stereocenters. The molecule has 0 spiro atoms. The van der Waals surface area contributed by atoms with Gasteiger partial charge in [-0.2, -0.15) is 17.9 Å². The molecule has 2 aromatic rings. The van der Waals surface area contributed by atoms with Gasteiger partial charge in [-0.3, -0.25) is 4.79 Å². The van der Waals surface area contributed by atoms with Gasteiger partial charge >= 0.3 is 6.18 Å². The van der Waals surface area contributed by atoms with Gasteiger partial charge in [0.1, 0.15) is 5.75 Å². The number of nitrogens with one attached hydrogen (secondary N) is 2. The van der Waals surface area contributed by atoms with Gasteiger partial charge in [0, 0.05) is 5.69 Å². The molecule has 0 unspecified atom stereocenters. The first-order chi connectivity index (χ1) is 13.4. The van der Waals surface area contributed by atoms with Crippen molar-refractivity contribution in [2.24, 2.45) is 0 Å². The van der Waals surface area contributed by atoms with E-state index in [1.165, 1.54) is 25.1 Å². The van der Waals surface area contributed by atoms with E-state index >= 15 is 0 Å². The molecule has 10 heteroatoms. The molecule has 158 valence electrons. The monoisotopic (exact) mass is 430 g/mol. The smallest absolute Gasteiger partial charge is 0.416 e. The molecule has 0 aromatic heterocycles. The highest BCUT2D eigenvalue weighted by Crippen LogP contribution is 2.29. The summed E-state index contributed by atoms with van der Waals surface area (Å²) in [7, 11) is -3.99. The van der Waals surface area contributed by atoms with Crippen LogP contribution in [0.5, 0.6) is 5.75 Å². The number of carbonyl (C=O) groups is 1. The maximum absolute atomic E-state index is 12.6. The van der Waals surface area contributed by atoms with Crippen LogP contribution in [0.15, 0.2) is 47.4 Å². The molecule has 1 amide bonds. The summed E-state index contributed by atoms with van der Waals surface area (Å²) in [6.07, 6.45) is -4.48. The molecular weight excluding hydrogens is 409 g/mol. The van der Waals surface area contributed by atoms with Gasteiger partial charge in [0.2, 0.25) is 15.9 Å². The minimum Gasteiger partial charge on any atom is -0.494 e. The van der Waals surface area contributed by atoms with E-state index in [4.69, 9.17) is 4.74 Å². The van der Waals surface area contributed by atoms with Crippen LogP contribution in [-0.4, -0.2) is 27.0 Å². The highest BCUT2D eigenvalue weighted by atomic mass is 32.2. The number of hydrogen-bond acceptors (Lipinski definition) is 4. The summed E-state index contributed by atoms with van der Waals surface area (Å²) in [6, 6.07) is 7.00. The third kappa shape index (κ3) is 5.94. The van der Waals surface area contributed by atoms with E-state index in [0.29, 0.717) is 17.9 Å². The number of sulfonamides is 1. The Morgan fingerprint density at radius 1 is 1.14 bits per heavy atom. The maximum Gasteiger partial charge on any atom is 0.416 e. The fraction of sp³-hybridized carbons (Fsp3) is 0.316. The Labute approximate surface area is 167 Å². The quantitative estimate of drug-likeness (QED) is 0.701. The maximum atomic E-state index is 12.6. The summed E-state index contributed by atoms with van der Waals surface area (Å²) in [5.41, 5.74) is -0.113. The Morgan fingerprint density at radius 2 is 1.76 bits per heavy atom. The molecule has 0 aliphatic carbocycles. The standard InChI is InChI=1S/C19H21F3N2O4S/c1-4-28-17-10-9-16(11-12(17)2)29(26,27)24-13(3)18(25)23-15-7-5-14(6-8-15)19(20,21)22/h5-11,13,24H,4H2,1-3H3,(H,23,25)/t13-/m0/s1. The number of amides is 1. The van der Waals surface area contributed by atoms with Gasteiger partial charge in [-0.15, -0.1) is 0 Å². The second-order valence-corrected chi connectivity index (χ2v) is 7.98. The van der Waals surface area contributed by atoms with Crippen LogP contribution in [0.2, 0.25) is 0 Å². The third-order valence-electron chi connectivity index (χ3n) is 3.96. The Bertz CT molecular complexity index is 974. The zero-order chi connectivity index (χ0) is 21.8. The van der Waals surface area contributed by atoms with Gasteiger partial charge in [0.05, 0.1) is 23.1 Å². The van der Waals surface area contributed by atoms with Crippen LogP contribution in [0.1, 0.15) is 25.0 Å². The van der Waals surface area contributed by atoms with E-state index < -0.39 is 33.7 Å². The van der Waals surface area contributed by atoms with Crippen molar-refractivity contribution >= 4 is 21.6 Å². The highest BCUT2D eigenvalue weighted by Gasteiger charge is 2.30. The number of alkyl halides is 3. The lowest BCUT2D eigenvalue weighted by Gasteiger charge is -2.16. The number of hydrogen-bond donors (Lipinski definition) is 2. The molecule has 0 heterocycles. The molecule has 2 rings (SSSR count). The van der Waals surface area contributed by atoms with Crippen molar-refractivity contribution in [2.75, 3.05) is 11.9 Å². The van der Waals surface area contributed by atoms with E-state index in [-0.39, 0.29) is 10.6 Å². The van der Waals surface area contributed by atoms with Gasteiger partial charge in [0.15, 0.2) is 0 Å². The average Bonchev–Trinajstić information content (AvgIpc) is 2.62. The molecular formula is C19H21F3N2O4S. The van der Waals surface area contributed by atoms with Crippen LogP contribution in [0.3, 0.4) is 0 Å². The normalized spacial score (nSPS) is 13.0. The molecule has 0 fully saturated rings. The molecule has 0 aliphatic heterocycles. The lowest BCUT2D eigenvalue weighted by molar-refractivity contribution is -0.137. The van der Waals surface area contributed by atoms with Crippen molar-refractivity contribution in [3.63, 3.8) is 0 Å². The van der Waals surface area contributed by atoms with Crippen LogP contribution >= 0.6 is 0 Å². The van der Waals surface area contributed by atoms with Crippen LogP contribution in [-0.2, 0) is 21.0 Å². The van der Waals surface area contributed by atoms with Crippen molar-refractivity contribution in [2.45, 2.75) is 37.9 Å². The molecule has 2 aromatic carbocycles. The zero-order valence-corrected chi connectivity index (χ0v) is 16.8. The summed E-state index contributed by atoms with van der Waals surface area (Å²) in [5.74, 6) is -0.157. The van der Waals surface area contributed by atoms with Crippen molar-refractivity contribution in [3.8, 4) is 5.75 Å². The fourth-order valence-electron chi connectivity index (χ4n) is 2.45. The molecule has 0 bridgehead atoms. The van der Waals surface area contributed by atoms with E-state index in [2.05, 4.69) is 10.0 Å². The molecule has 0 radical (unpaired) electrons. The fourth-order valence-corrected chi connectivity index (χ4v) is 3.74. The first-order valence-corrected chi connectivity index (χ1v) is 10.2. The molecule has 29 heavy (non-hydrogen) atoms. The number of aryl methyl sites for hydroxylation is 1. The van der Waals surface area contributed by atoms with Crippen LogP contribution in [0.25, 0.3) is 0 Å². The van der Waals surface area contributed by atoms with Gasteiger partial charge < -0.3 is 10.1 Å². The number of carbonyl (C=O) groups excluding carboxylic acids is 1. The Balaban J connectivity index is 2.07. The van der Waals surface area contributed by atoms with E-state index in [9.17, 15) is 26.4 Å².